The van der Waals surface area contributed by atoms with E-state index in [1.165, 1.54) is 18.4 Å². The van der Waals surface area contributed by atoms with Gasteiger partial charge in [0.05, 0.1) is 0 Å². The van der Waals surface area contributed by atoms with Gasteiger partial charge in [0.15, 0.2) is 5.78 Å². The van der Waals surface area contributed by atoms with Crippen molar-refractivity contribution in [3.63, 3.8) is 0 Å². The molecule has 0 heterocycles. The predicted molar refractivity (Wildman–Crippen MR) is 90.8 cm³/mol. The fourth-order valence-corrected chi connectivity index (χ4v) is 6.78. The molecule has 0 spiro atoms. The molecular weight excluding hydrogens is 284 g/mol. The molecule has 0 aromatic rings. The van der Waals surface area contributed by atoms with Crippen LogP contribution < -0.4 is 0 Å². The van der Waals surface area contributed by atoms with Crippen molar-refractivity contribution in [2.45, 2.75) is 59.3 Å². The Kier molecular flexibility index (Phi) is 3.28. The second-order valence-corrected chi connectivity index (χ2v) is 8.78. The summed E-state index contributed by atoms with van der Waals surface area (Å²) >= 11 is 0. The first-order valence-electron chi connectivity index (χ1n) is 9.37. The molecule has 0 aromatic carbocycles. The lowest BCUT2D eigenvalue weighted by Crippen LogP contribution is -2.49. The zero-order chi connectivity index (χ0) is 16.4. The van der Waals surface area contributed by atoms with Gasteiger partial charge in [-0.05, 0) is 67.4 Å². The van der Waals surface area contributed by atoms with Gasteiger partial charge in [0.2, 0.25) is 0 Å². The Morgan fingerprint density at radius 2 is 1.96 bits per heavy atom. The second kappa shape index (κ2) is 4.91. The van der Waals surface area contributed by atoms with Crippen molar-refractivity contribution in [2.75, 3.05) is 0 Å². The summed E-state index contributed by atoms with van der Waals surface area (Å²) in [4.78, 5) is 24.4. The molecule has 0 saturated heterocycles. The van der Waals surface area contributed by atoms with Gasteiger partial charge in [-0.3, -0.25) is 9.59 Å². The fraction of sp³-hybridized carbons (Fsp3) is 0.714. The van der Waals surface area contributed by atoms with Crippen LogP contribution in [0.5, 0.6) is 0 Å². The predicted octanol–water partition coefficient (Wildman–Crippen LogP) is 4.50. The van der Waals surface area contributed by atoms with Gasteiger partial charge in [0.1, 0.15) is 5.78 Å². The summed E-state index contributed by atoms with van der Waals surface area (Å²) in [6.07, 6.45) is 12.2. The van der Waals surface area contributed by atoms with E-state index in [0.717, 1.165) is 25.7 Å². The average molecular weight is 312 g/mol. The highest BCUT2D eigenvalue weighted by atomic mass is 16.1. The lowest BCUT2D eigenvalue weighted by atomic mass is 9.47. The Labute approximate surface area is 139 Å². The smallest absolute Gasteiger partial charge is 0.178 e. The zero-order valence-corrected chi connectivity index (χ0v) is 14.6. The third-order valence-electron chi connectivity index (χ3n) is 8.01. The molecule has 3 saturated carbocycles. The highest BCUT2D eigenvalue weighted by Gasteiger charge is 2.60. The third kappa shape index (κ3) is 1.93. The van der Waals surface area contributed by atoms with Gasteiger partial charge in [-0.15, -0.1) is 0 Å². The normalized spacial score (nSPS) is 48.6. The van der Waals surface area contributed by atoms with Gasteiger partial charge < -0.3 is 0 Å². The van der Waals surface area contributed by atoms with Crippen molar-refractivity contribution in [3.8, 4) is 0 Å². The Balaban J connectivity index is 1.71. The topological polar surface area (TPSA) is 34.1 Å². The monoisotopic (exact) mass is 312 g/mol. The van der Waals surface area contributed by atoms with Gasteiger partial charge in [-0.2, -0.15) is 0 Å². The number of carbonyl (C=O) groups is 2. The summed E-state index contributed by atoms with van der Waals surface area (Å²) in [5, 5.41) is 0. The Hall–Kier alpha value is -1.18. The van der Waals surface area contributed by atoms with Crippen LogP contribution in [-0.4, -0.2) is 11.6 Å². The van der Waals surface area contributed by atoms with Gasteiger partial charge in [0.25, 0.3) is 0 Å². The molecule has 3 fully saturated rings. The summed E-state index contributed by atoms with van der Waals surface area (Å²) in [5.41, 5.74) is 1.61. The van der Waals surface area contributed by atoms with E-state index in [2.05, 4.69) is 26.8 Å². The molecule has 0 aliphatic heterocycles. The maximum atomic E-state index is 12.6. The SMILES string of the molecule is CC[C@H]1C(=O)C[C@H]2[C@@H]3CCC4=CC(=O)C=C[C@]4(C)[C@H]3CC[C@]12C. The minimum absolute atomic E-state index is 0.0471. The molecular formula is C21H28O2. The zero-order valence-electron chi connectivity index (χ0n) is 14.6. The lowest BCUT2D eigenvalue weighted by Gasteiger charge is -2.56. The van der Waals surface area contributed by atoms with E-state index in [0.29, 0.717) is 23.5 Å². The summed E-state index contributed by atoms with van der Waals surface area (Å²) in [6.45, 7) is 6.90. The molecule has 4 rings (SSSR count). The van der Waals surface area contributed by atoms with E-state index >= 15 is 0 Å². The average Bonchev–Trinajstić information content (AvgIpc) is 2.77. The van der Waals surface area contributed by atoms with Crippen LogP contribution in [0.25, 0.3) is 0 Å². The van der Waals surface area contributed by atoms with Gasteiger partial charge in [-0.1, -0.05) is 32.4 Å². The summed E-state index contributed by atoms with van der Waals surface area (Å²) in [7, 11) is 0. The van der Waals surface area contributed by atoms with Crippen molar-refractivity contribution < 1.29 is 9.59 Å². The standard InChI is InChI=1S/C21H28O2/c1-4-16-19(23)12-18-15-6-5-13-11-14(22)7-9-20(13,2)17(15)8-10-21(16,18)3/h7,9,11,15-18H,4-6,8,10,12H2,1-3H3/t15-,16+,17+,18+,20+,21-/m1/s1. The number of hydrogen-bond acceptors (Lipinski definition) is 2. The second-order valence-electron chi connectivity index (χ2n) is 8.78. The van der Waals surface area contributed by atoms with E-state index in [4.69, 9.17) is 0 Å². The lowest BCUT2D eigenvalue weighted by molar-refractivity contribution is -0.122. The number of rotatable bonds is 1. The maximum Gasteiger partial charge on any atom is 0.178 e. The molecule has 2 heteroatoms. The quantitative estimate of drug-likeness (QED) is 0.714. The highest BCUT2D eigenvalue weighted by molar-refractivity contribution is 6.01. The molecule has 6 atom stereocenters. The molecule has 4 aliphatic rings. The number of hydrogen-bond donors (Lipinski definition) is 0. The van der Waals surface area contributed by atoms with Gasteiger partial charge in [0, 0.05) is 17.8 Å². The largest absolute Gasteiger partial charge is 0.299 e. The Morgan fingerprint density at radius 3 is 2.70 bits per heavy atom. The van der Waals surface area contributed by atoms with Crippen LogP contribution in [-0.2, 0) is 9.59 Å². The van der Waals surface area contributed by atoms with Crippen molar-refractivity contribution in [2.24, 2.45) is 34.5 Å². The molecule has 0 amide bonds. The Bertz CT molecular complexity index is 628. The van der Waals surface area contributed by atoms with E-state index in [-0.39, 0.29) is 22.5 Å². The molecule has 0 N–H and O–H groups in total. The van der Waals surface area contributed by atoms with Crippen molar-refractivity contribution in [3.05, 3.63) is 23.8 Å². The Morgan fingerprint density at radius 1 is 1.17 bits per heavy atom. The maximum absolute atomic E-state index is 12.6. The molecule has 0 bridgehead atoms. The van der Waals surface area contributed by atoms with Crippen LogP contribution in [0.3, 0.4) is 0 Å². The van der Waals surface area contributed by atoms with Crippen molar-refractivity contribution in [1.82, 2.24) is 0 Å². The first-order chi connectivity index (χ1) is 10.9. The van der Waals surface area contributed by atoms with Crippen LogP contribution in [0.4, 0.5) is 0 Å². The molecule has 2 nitrogen and oxygen atoms in total. The minimum Gasteiger partial charge on any atom is -0.299 e. The minimum atomic E-state index is 0.0471. The van der Waals surface area contributed by atoms with Gasteiger partial charge >= 0.3 is 0 Å². The van der Waals surface area contributed by atoms with Crippen LogP contribution in [0.2, 0.25) is 0 Å². The van der Waals surface area contributed by atoms with Crippen molar-refractivity contribution in [1.29, 1.82) is 0 Å². The highest BCUT2D eigenvalue weighted by Crippen LogP contribution is 2.65. The molecule has 0 aromatic heterocycles. The molecule has 124 valence electrons. The van der Waals surface area contributed by atoms with E-state index in [9.17, 15) is 9.59 Å². The van der Waals surface area contributed by atoms with Gasteiger partial charge in [-0.25, -0.2) is 0 Å². The molecule has 0 radical (unpaired) electrons. The molecule has 4 aliphatic carbocycles. The van der Waals surface area contributed by atoms with E-state index in [1.54, 1.807) is 6.08 Å². The fourth-order valence-electron chi connectivity index (χ4n) is 6.78. The first-order valence-corrected chi connectivity index (χ1v) is 9.37. The molecule has 0 unspecified atom stereocenters. The summed E-state index contributed by atoms with van der Waals surface area (Å²) < 4.78 is 0. The number of fused-ring (bicyclic) bond motifs is 5. The molecule has 23 heavy (non-hydrogen) atoms. The van der Waals surface area contributed by atoms with Crippen LogP contribution in [0.1, 0.15) is 59.3 Å². The number of allylic oxidation sites excluding steroid dienone is 4. The summed E-state index contributed by atoms with van der Waals surface area (Å²) in [6, 6.07) is 0. The van der Waals surface area contributed by atoms with Crippen LogP contribution in [0.15, 0.2) is 23.8 Å². The van der Waals surface area contributed by atoms with Crippen molar-refractivity contribution >= 4 is 11.6 Å². The summed E-state index contributed by atoms with van der Waals surface area (Å²) in [5.74, 6) is 2.76. The van der Waals surface area contributed by atoms with E-state index in [1.807, 2.05) is 6.08 Å². The number of carbonyl (C=O) groups excluding carboxylic acids is 2. The third-order valence-corrected chi connectivity index (χ3v) is 8.01. The number of Topliss-reactive ketones (excluding diaryl/α,β-unsaturated/α-hetero) is 1. The van der Waals surface area contributed by atoms with E-state index < -0.39 is 0 Å². The van der Waals surface area contributed by atoms with Crippen LogP contribution >= 0.6 is 0 Å². The van der Waals surface area contributed by atoms with Crippen LogP contribution in [0, 0.1) is 34.5 Å². The number of ketones is 2. The first kappa shape index (κ1) is 15.4.